The van der Waals surface area contributed by atoms with Crippen molar-refractivity contribution in [1.29, 1.82) is 0 Å². The normalized spacial score (nSPS) is 11.2. The molecule has 5 nitrogen and oxygen atoms in total. The van der Waals surface area contributed by atoms with Gasteiger partial charge in [0.2, 0.25) is 0 Å². The molecular weight excluding hydrogens is 420 g/mol. The number of rotatable bonds is 3. The van der Waals surface area contributed by atoms with Crippen LogP contribution < -0.4 is 11.2 Å². The number of H-pyrrole nitrogens is 1. The topological polar surface area (TPSA) is 67.8 Å². The maximum atomic E-state index is 13.6. The van der Waals surface area contributed by atoms with Gasteiger partial charge in [-0.3, -0.25) is 9.78 Å². The Morgan fingerprint density at radius 2 is 1.61 bits per heavy atom. The Kier molecular flexibility index (Phi) is 4.56. The van der Waals surface area contributed by atoms with Crippen molar-refractivity contribution in [2.24, 2.45) is 0 Å². The zero-order valence-corrected chi connectivity index (χ0v) is 16.6. The number of halogens is 2. The van der Waals surface area contributed by atoms with E-state index in [1.54, 1.807) is 47.8 Å². The van der Waals surface area contributed by atoms with Crippen LogP contribution in [0.4, 0.5) is 8.78 Å². The van der Waals surface area contributed by atoms with Crippen molar-refractivity contribution < 1.29 is 8.78 Å². The van der Waals surface area contributed by atoms with Crippen molar-refractivity contribution >= 4 is 21.6 Å². The van der Waals surface area contributed by atoms with Gasteiger partial charge in [-0.05, 0) is 41.0 Å². The van der Waals surface area contributed by atoms with Crippen LogP contribution in [0.2, 0.25) is 0 Å². The molecule has 1 N–H and O–H groups in total. The van der Waals surface area contributed by atoms with Crippen LogP contribution in [0.25, 0.3) is 38.3 Å². The van der Waals surface area contributed by atoms with Gasteiger partial charge < -0.3 is 0 Å². The zero-order valence-electron chi connectivity index (χ0n) is 15.8. The summed E-state index contributed by atoms with van der Waals surface area (Å²) in [5.41, 5.74) is 1.66. The Morgan fingerprint density at radius 3 is 2.32 bits per heavy atom. The molecule has 0 radical (unpaired) electrons. The predicted molar refractivity (Wildman–Crippen MR) is 117 cm³/mol. The average Bonchev–Trinajstić information content (AvgIpc) is 3.20. The number of nitrogens with one attached hydrogen (secondary N) is 1. The van der Waals surface area contributed by atoms with E-state index in [4.69, 9.17) is 0 Å². The SMILES string of the molecule is O=c1[nH]c2scc(-c3ccc(-c4ccc(F)c(F)c4)cc3)c2c(=O)n1-c1ccccn1. The molecular formula is C23H13F2N3O2S. The molecule has 3 aromatic heterocycles. The summed E-state index contributed by atoms with van der Waals surface area (Å²) in [7, 11) is 0. The summed E-state index contributed by atoms with van der Waals surface area (Å²) < 4.78 is 27.8. The number of aromatic nitrogens is 3. The molecule has 0 saturated heterocycles. The van der Waals surface area contributed by atoms with Gasteiger partial charge in [-0.1, -0.05) is 36.4 Å². The quantitative estimate of drug-likeness (QED) is 0.447. The minimum atomic E-state index is -0.913. The minimum absolute atomic E-state index is 0.237. The molecule has 0 bridgehead atoms. The zero-order chi connectivity index (χ0) is 21.5. The number of pyridine rings is 1. The summed E-state index contributed by atoms with van der Waals surface area (Å²) in [5.74, 6) is -1.57. The maximum Gasteiger partial charge on any atom is 0.335 e. The van der Waals surface area contributed by atoms with Crippen molar-refractivity contribution in [3.63, 3.8) is 0 Å². The largest absolute Gasteiger partial charge is 0.335 e. The first-order valence-corrected chi connectivity index (χ1v) is 10.1. The standard InChI is InChI=1S/C23H13F2N3O2S/c24-17-9-8-15(11-18(17)25)13-4-6-14(7-5-13)16-12-31-21-20(16)22(29)28(23(30)27-21)19-3-1-2-10-26-19/h1-12H,(H,27,30). The van der Waals surface area contributed by atoms with Gasteiger partial charge in [0.1, 0.15) is 10.6 Å². The highest BCUT2D eigenvalue weighted by molar-refractivity contribution is 7.17. The number of fused-ring (bicyclic) bond motifs is 1. The van der Waals surface area contributed by atoms with Crippen molar-refractivity contribution in [3.8, 4) is 28.1 Å². The molecule has 0 saturated carbocycles. The molecule has 8 heteroatoms. The average molecular weight is 433 g/mol. The monoisotopic (exact) mass is 433 g/mol. The number of hydrogen-bond acceptors (Lipinski definition) is 4. The van der Waals surface area contributed by atoms with Gasteiger partial charge in [0.15, 0.2) is 11.6 Å². The van der Waals surface area contributed by atoms with Crippen LogP contribution in [0.1, 0.15) is 0 Å². The number of hydrogen-bond donors (Lipinski definition) is 1. The first-order chi connectivity index (χ1) is 15.0. The fourth-order valence-electron chi connectivity index (χ4n) is 3.44. The molecule has 0 unspecified atom stereocenters. The molecule has 5 rings (SSSR count). The summed E-state index contributed by atoms with van der Waals surface area (Å²) in [6.07, 6.45) is 1.51. The summed E-state index contributed by atoms with van der Waals surface area (Å²) in [4.78, 5) is 33.0. The van der Waals surface area contributed by atoms with Crippen molar-refractivity contribution in [2.45, 2.75) is 0 Å². The first kappa shape index (κ1) is 19.1. The van der Waals surface area contributed by atoms with Crippen LogP contribution in [0.15, 0.2) is 81.8 Å². The van der Waals surface area contributed by atoms with E-state index < -0.39 is 22.9 Å². The van der Waals surface area contributed by atoms with Crippen molar-refractivity contribution in [2.75, 3.05) is 0 Å². The molecule has 0 aliphatic heterocycles. The highest BCUT2D eigenvalue weighted by atomic mass is 32.1. The molecule has 0 spiro atoms. The number of thiophene rings is 1. The fourth-order valence-corrected chi connectivity index (χ4v) is 4.39. The highest BCUT2D eigenvalue weighted by Gasteiger charge is 2.16. The van der Waals surface area contributed by atoms with Crippen LogP contribution >= 0.6 is 11.3 Å². The van der Waals surface area contributed by atoms with Crippen LogP contribution in [-0.4, -0.2) is 14.5 Å². The van der Waals surface area contributed by atoms with Crippen LogP contribution in [0, 0.1) is 11.6 Å². The maximum absolute atomic E-state index is 13.6. The Morgan fingerprint density at radius 1 is 0.871 bits per heavy atom. The van der Waals surface area contributed by atoms with E-state index in [9.17, 15) is 18.4 Å². The minimum Gasteiger partial charge on any atom is -0.298 e. The van der Waals surface area contributed by atoms with E-state index >= 15 is 0 Å². The molecule has 2 aromatic carbocycles. The Bertz CT molecular complexity index is 1540. The Hall–Kier alpha value is -3.91. The smallest absolute Gasteiger partial charge is 0.298 e. The molecule has 3 heterocycles. The van der Waals surface area contributed by atoms with Crippen molar-refractivity contribution in [1.82, 2.24) is 14.5 Å². The summed E-state index contributed by atoms with van der Waals surface area (Å²) in [6, 6.07) is 15.9. The molecule has 0 aliphatic rings. The molecule has 0 aliphatic carbocycles. The van der Waals surface area contributed by atoms with Crippen LogP contribution in [-0.2, 0) is 0 Å². The highest BCUT2D eigenvalue weighted by Crippen LogP contribution is 2.32. The first-order valence-electron chi connectivity index (χ1n) is 9.27. The van der Waals surface area contributed by atoms with Gasteiger partial charge in [-0.25, -0.2) is 23.1 Å². The van der Waals surface area contributed by atoms with E-state index in [2.05, 4.69) is 9.97 Å². The third-order valence-electron chi connectivity index (χ3n) is 4.96. The second-order valence-corrected chi connectivity index (χ2v) is 7.70. The molecule has 0 atom stereocenters. The molecule has 152 valence electrons. The lowest BCUT2D eigenvalue weighted by atomic mass is 10.0. The number of nitrogens with zero attached hydrogens (tertiary/aromatic N) is 2. The van der Waals surface area contributed by atoms with Crippen LogP contribution in [0.3, 0.4) is 0 Å². The van der Waals surface area contributed by atoms with Gasteiger partial charge >= 0.3 is 5.69 Å². The fraction of sp³-hybridized carbons (Fsp3) is 0. The van der Waals surface area contributed by atoms with E-state index in [0.717, 1.165) is 22.3 Å². The van der Waals surface area contributed by atoms with Gasteiger partial charge in [0.25, 0.3) is 5.56 Å². The van der Waals surface area contributed by atoms with E-state index in [0.29, 0.717) is 26.9 Å². The van der Waals surface area contributed by atoms with Crippen molar-refractivity contribution in [3.05, 3.63) is 105 Å². The Labute approximate surface area is 177 Å². The number of benzene rings is 2. The lowest BCUT2D eigenvalue weighted by molar-refractivity contribution is 0.509. The third kappa shape index (κ3) is 3.27. The van der Waals surface area contributed by atoms with Crippen LogP contribution in [0.5, 0.6) is 0 Å². The summed E-state index contributed by atoms with van der Waals surface area (Å²) in [6.45, 7) is 0. The molecule has 5 aromatic rings. The van der Waals surface area contributed by atoms with Gasteiger partial charge in [-0.15, -0.1) is 11.3 Å². The van der Waals surface area contributed by atoms with Gasteiger partial charge in [0, 0.05) is 17.1 Å². The Balaban J connectivity index is 1.63. The lowest BCUT2D eigenvalue weighted by Gasteiger charge is -2.06. The van der Waals surface area contributed by atoms with Gasteiger partial charge in [0.05, 0.1) is 5.39 Å². The van der Waals surface area contributed by atoms with Gasteiger partial charge in [-0.2, -0.15) is 0 Å². The second-order valence-electron chi connectivity index (χ2n) is 6.82. The second kappa shape index (κ2) is 7.41. The van der Waals surface area contributed by atoms with E-state index in [-0.39, 0.29) is 5.82 Å². The molecule has 0 fully saturated rings. The number of aromatic amines is 1. The lowest BCUT2D eigenvalue weighted by Crippen LogP contribution is -2.33. The summed E-state index contributed by atoms with van der Waals surface area (Å²) >= 11 is 1.26. The third-order valence-corrected chi connectivity index (χ3v) is 5.85. The predicted octanol–water partition coefficient (Wildman–Crippen LogP) is 4.75. The summed E-state index contributed by atoms with van der Waals surface area (Å²) in [5, 5.41) is 2.19. The molecule has 0 amide bonds. The van der Waals surface area contributed by atoms with E-state index in [1.807, 2.05) is 0 Å². The molecule has 31 heavy (non-hydrogen) atoms. The van der Waals surface area contributed by atoms with E-state index in [1.165, 1.54) is 23.6 Å².